The Morgan fingerprint density at radius 2 is 1.17 bits per heavy atom. The maximum atomic E-state index is 13.4. The molecule has 0 saturated heterocycles. The summed E-state index contributed by atoms with van der Waals surface area (Å²) in [6, 6.07) is -0.263. The van der Waals surface area contributed by atoms with Crippen LogP contribution in [0.25, 0.3) is 0 Å². The van der Waals surface area contributed by atoms with Gasteiger partial charge < -0.3 is 15.4 Å². The van der Waals surface area contributed by atoms with E-state index in [1.807, 2.05) is 20.8 Å². The summed E-state index contributed by atoms with van der Waals surface area (Å²) < 4.78 is 5.49. The second-order valence-corrected chi connectivity index (χ2v) is 10.5. The molecule has 2 N–H and O–H groups in total. The predicted molar refractivity (Wildman–Crippen MR) is 122 cm³/mol. The lowest BCUT2D eigenvalue weighted by molar-refractivity contribution is -0.125. The molecule has 0 aromatic heterocycles. The van der Waals surface area contributed by atoms with Crippen LogP contribution in [0.5, 0.6) is 0 Å². The number of carbonyl (C=O) groups excluding carboxylic acids is 2. The van der Waals surface area contributed by atoms with Crippen LogP contribution < -0.4 is 10.6 Å². The lowest BCUT2D eigenvalue weighted by Crippen LogP contribution is -2.54. The van der Waals surface area contributed by atoms with Crippen LogP contribution in [-0.2, 0) is 9.53 Å². The first-order chi connectivity index (χ1) is 14.3. The molecule has 2 amide bonds. The zero-order valence-corrected chi connectivity index (χ0v) is 19.8. The van der Waals surface area contributed by atoms with Crippen molar-refractivity contribution in [2.45, 2.75) is 141 Å². The zero-order valence-electron chi connectivity index (χ0n) is 19.8. The van der Waals surface area contributed by atoms with Crippen LogP contribution in [-0.4, -0.2) is 29.7 Å². The molecule has 0 aromatic rings. The van der Waals surface area contributed by atoms with Crippen molar-refractivity contribution >= 4 is 12.0 Å². The van der Waals surface area contributed by atoms with Crippen LogP contribution in [0.2, 0.25) is 0 Å². The van der Waals surface area contributed by atoms with E-state index in [0.717, 1.165) is 38.5 Å². The normalized spacial score (nSPS) is 22.2. The molecule has 0 spiro atoms. The molecule has 1 unspecified atom stereocenters. The maximum absolute atomic E-state index is 13.4. The zero-order chi connectivity index (χ0) is 21.8. The Kier molecular flexibility index (Phi) is 11.0. The lowest BCUT2D eigenvalue weighted by Gasteiger charge is -2.31. The average molecular weight is 423 g/mol. The summed E-state index contributed by atoms with van der Waals surface area (Å²) in [4.78, 5) is 25.9. The third-order valence-corrected chi connectivity index (χ3v) is 6.53. The molecule has 2 rings (SSSR count). The van der Waals surface area contributed by atoms with Crippen molar-refractivity contribution in [2.24, 2.45) is 5.92 Å². The molecule has 0 heterocycles. The van der Waals surface area contributed by atoms with Crippen LogP contribution in [0.4, 0.5) is 4.79 Å². The van der Waals surface area contributed by atoms with Gasteiger partial charge in [0.25, 0.3) is 0 Å². The average Bonchev–Trinajstić information content (AvgIpc) is 2.64. The molecule has 174 valence electrons. The fourth-order valence-electron chi connectivity index (χ4n) is 4.90. The Morgan fingerprint density at radius 3 is 1.63 bits per heavy atom. The number of hydrogen-bond acceptors (Lipinski definition) is 3. The van der Waals surface area contributed by atoms with E-state index in [4.69, 9.17) is 4.74 Å². The molecule has 30 heavy (non-hydrogen) atoms. The molecule has 5 nitrogen and oxygen atoms in total. The topological polar surface area (TPSA) is 67.4 Å². The first-order valence-electron chi connectivity index (χ1n) is 12.6. The van der Waals surface area contributed by atoms with Crippen molar-refractivity contribution in [3.8, 4) is 0 Å². The van der Waals surface area contributed by atoms with Crippen molar-refractivity contribution in [1.82, 2.24) is 10.6 Å². The molecule has 2 aliphatic carbocycles. The molecule has 1 atom stereocenters. The Morgan fingerprint density at radius 1 is 0.733 bits per heavy atom. The highest BCUT2D eigenvalue weighted by Crippen LogP contribution is 2.26. The second-order valence-electron chi connectivity index (χ2n) is 10.5. The van der Waals surface area contributed by atoms with Gasteiger partial charge in [0, 0.05) is 6.04 Å². The van der Waals surface area contributed by atoms with E-state index in [-0.39, 0.29) is 17.9 Å². The lowest BCUT2D eigenvalue weighted by atomic mass is 9.85. The van der Waals surface area contributed by atoms with Crippen LogP contribution in [0.1, 0.15) is 124 Å². The van der Waals surface area contributed by atoms with Gasteiger partial charge in [0.15, 0.2) is 0 Å². The smallest absolute Gasteiger partial charge is 0.408 e. The van der Waals surface area contributed by atoms with Gasteiger partial charge in [-0.2, -0.15) is 0 Å². The summed E-state index contributed by atoms with van der Waals surface area (Å²) in [6.45, 7) is 5.58. The van der Waals surface area contributed by atoms with Gasteiger partial charge in [0.1, 0.15) is 11.6 Å². The summed E-state index contributed by atoms with van der Waals surface area (Å²) in [5.41, 5.74) is -0.567. The van der Waals surface area contributed by atoms with Gasteiger partial charge in [0.2, 0.25) is 5.91 Å². The standard InChI is InChI=1S/C25H46N2O3/c1-25(2,3)30-24(29)27-22(20-16-12-8-7-9-13-17-20)23(28)26-21-18-14-10-5-4-6-11-15-19-21/h20-22H,4-19H2,1-3H3,(H,26,28)(H,27,29). The highest BCUT2D eigenvalue weighted by molar-refractivity contribution is 5.86. The van der Waals surface area contributed by atoms with Crippen molar-refractivity contribution in [1.29, 1.82) is 0 Å². The van der Waals surface area contributed by atoms with E-state index in [1.165, 1.54) is 64.2 Å². The fraction of sp³-hybridized carbons (Fsp3) is 0.920. The van der Waals surface area contributed by atoms with E-state index >= 15 is 0 Å². The minimum atomic E-state index is -0.567. The minimum Gasteiger partial charge on any atom is -0.444 e. The van der Waals surface area contributed by atoms with Gasteiger partial charge in [-0.25, -0.2) is 4.79 Å². The molecule has 2 saturated carbocycles. The van der Waals surface area contributed by atoms with Crippen molar-refractivity contribution < 1.29 is 14.3 Å². The quantitative estimate of drug-likeness (QED) is 0.563. The van der Waals surface area contributed by atoms with Gasteiger partial charge in [-0.1, -0.05) is 77.0 Å². The molecule has 0 aromatic carbocycles. The Hall–Kier alpha value is -1.26. The monoisotopic (exact) mass is 422 g/mol. The van der Waals surface area contributed by atoms with E-state index in [2.05, 4.69) is 10.6 Å². The number of nitrogens with one attached hydrogen (secondary N) is 2. The van der Waals surface area contributed by atoms with E-state index in [0.29, 0.717) is 0 Å². The summed E-state index contributed by atoms with van der Waals surface area (Å²) >= 11 is 0. The first kappa shape index (κ1) is 25.0. The summed E-state index contributed by atoms with van der Waals surface area (Å²) in [5, 5.41) is 6.29. The van der Waals surface area contributed by atoms with Crippen molar-refractivity contribution in [3.05, 3.63) is 0 Å². The number of ether oxygens (including phenoxy) is 1. The third kappa shape index (κ3) is 10.2. The fourth-order valence-corrected chi connectivity index (χ4v) is 4.90. The van der Waals surface area contributed by atoms with Crippen molar-refractivity contribution in [2.75, 3.05) is 0 Å². The van der Waals surface area contributed by atoms with Gasteiger partial charge in [-0.05, 0) is 52.4 Å². The molecule has 0 bridgehead atoms. The third-order valence-electron chi connectivity index (χ3n) is 6.53. The number of rotatable bonds is 4. The van der Waals surface area contributed by atoms with Gasteiger partial charge in [0.05, 0.1) is 0 Å². The SMILES string of the molecule is CC(C)(C)OC(=O)NC(C(=O)NC1CCCCCCCCC1)C1CCCCCCC1. The van der Waals surface area contributed by atoms with Crippen LogP contribution >= 0.6 is 0 Å². The molecular weight excluding hydrogens is 376 g/mol. The molecular formula is C25H46N2O3. The maximum Gasteiger partial charge on any atom is 0.408 e. The van der Waals surface area contributed by atoms with Crippen LogP contribution in [0.15, 0.2) is 0 Å². The van der Waals surface area contributed by atoms with Gasteiger partial charge >= 0.3 is 6.09 Å². The second kappa shape index (κ2) is 13.2. The van der Waals surface area contributed by atoms with Crippen LogP contribution in [0, 0.1) is 5.92 Å². The van der Waals surface area contributed by atoms with E-state index < -0.39 is 17.7 Å². The van der Waals surface area contributed by atoms with E-state index in [9.17, 15) is 9.59 Å². The highest BCUT2D eigenvalue weighted by atomic mass is 16.6. The molecule has 2 aliphatic rings. The van der Waals surface area contributed by atoms with Crippen molar-refractivity contribution in [3.63, 3.8) is 0 Å². The summed E-state index contributed by atoms with van der Waals surface area (Å²) in [5.74, 6) is 0.186. The van der Waals surface area contributed by atoms with Crippen LogP contribution in [0.3, 0.4) is 0 Å². The van der Waals surface area contributed by atoms with Gasteiger partial charge in [-0.15, -0.1) is 0 Å². The number of carbonyl (C=O) groups is 2. The Balaban J connectivity index is 2.03. The summed E-state index contributed by atoms with van der Waals surface area (Å²) in [6.07, 6.45) is 18.5. The summed E-state index contributed by atoms with van der Waals surface area (Å²) in [7, 11) is 0. The molecule has 2 fully saturated rings. The first-order valence-corrected chi connectivity index (χ1v) is 12.6. The highest BCUT2D eigenvalue weighted by Gasteiger charge is 2.32. The number of alkyl carbamates (subject to hydrolysis) is 1. The number of amides is 2. The molecule has 0 aliphatic heterocycles. The van der Waals surface area contributed by atoms with E-state index in [1.54, 1.807) is 0 Å². The molecule has 5 heteroatoms. The van der Waals surface area contributed by atoms with Gasteiger partial charge in [-0.3, -0.25) is 4.79 Å². The Labute approximate surface area is 184 Å². The largest absolute Gasteiger partial charge is 0.444 e. The molecule has 0 radical (unpaired) electrons. The predicted octanol–water partition coefficient (Wildman–Crippen LogP) is 6.25. The minimum absolute atomic E-state index is 0.00603. The Bertz CT molecular complexity index is 497. The number of hydrogen-bond donors (Lipinski definition) is 2.